The predicted octanol–water partition coefficient (Wildman–Crippen LogP) is 2.34. The Morgan fingerprint density at radius 3 is 2.71 bits per heavy atom. The third kappa shape index (κ3) is 4.01. The van der Waals surface area contributed by atoms with Crippen molar-refractivity contribution >= 4 is 5.91 Å². The van der Waals surface area contributed by atoms with Gasteiger partial charge < -0.3 is 9.84 Å². The fourth-order valence-corrected chi connectivity index (χ4v) is 2.20. The zero-order valence-corrected chi connectivity index (χ0v) is 13.2. The number of hydrogen-bond acceptors (Lipinski definition) is 6. The maximum atomic E-state index is 12.0. The molecule has 3 aromatic rings. The average Bonchev–Trinajstić information content (AvgIpc) is 3.12. The molecule has 1 unspecified atom stereocenters. The Balaban J connectivity index is 1.56. The van der Waals surface area contributed by atoms with Crippen molar-refractivity contribution in [2.75, 3.05) is 0 Å². The molecule has 0 bridgehead atoms. The van der Waals surface area contributed by atoms with Gasteiger partial charge in [0.1, 0.15) is 6.04 Å². The fraction of sp³-hybridized carbons (Fsp3) is 0.235. The second kappa shape index (κ2) is 7.45. The lowest BCUT2D eigenvalue weighted by atomic mass is 10.1. The molecule has 0 aliphatic carbocycles. The number of aromatic nitrogens is 4. The predicted molar refractivity (Wildman–Crippen MR) is 86.6 cm³/mol. The summed E-state index contributed by atoms with van der Waals surface area (Å²) in [5, 5.41) is 6.78. The van der Waals surface area contributed by atoms with Gasteiger partial charge in [-0.15, -0.1) is 0 Å². The largest absolute Gasteiger partial charge is 0.345 e. The van der Waals surface area contributed by atoms with Gasteiger partial charge in [-0.1, -0.05) is 11.2 Å². The molecule has 0 saturated carbocycles. The number of amides is 1. The van der Waals surface area contributed by atoms with E-state index in [1.807, 2.05) is 25.1 Å². The molecule has 0 aliphatic rings. The highest BCUT2D eigenvalue weighted by molar-refractivity contribution is 5.76. The summed E-state index contributed by atoms with van der Waals surface area (Å²) >= 11 is 0. The van der Waals surface area contributed by atoms with Crippen molar-refractivity contribution in [3.8, 4) is 11.4 Å². The quantitative estimate of drug-likeness (QED) is 0.748. The van der Waals surface area contributed by atoms with E-state index in [0.717, 1.165) is 11.1 Å². The Morgan fingerprint density at radius 1 is 1.21 bits per heavy atom. The van der Waals surface area contributed by atoms with Crippen LogP contribution in [0.25, 0.3) is 11.4 Å². The van der Waals surface area contributed by atoms with Crippen LogP contribution < -0.4 is 5.32 Å². The first-order valence-electron chi connectivity index (χ1n) is 7.64. The Hall–Kier alpha value is -3.09. The lowest BCUT2D eigenvalue weighted by molar-refractivity contribution is -0.121. The summed E-state index contributed by atoms with van der Waals surface area (Å²) in [6.45, 7) is 1.81. The third-order valence-corrected chi connectivity index (χ3v) is 3.47. The molecule has 3 heterocycles. The second-order valence-corrected chi connectivity index (χ2v) is 5.35. The molecule has 1 amide bonds. The molecule has 24 heavy (non-hydrogen) atoms. The Labute approximate surface area is 139 Å². The zero-order valence-electron chi connectivity index (χ0n) is 13.2. The molecule has 122 valence electrons. The van der Waals surface area contributed by atoms with Gasteiger partial charge >= 0.3 is 0 Å². The molecule has 0 radical (unpaired) electrons. The number of nitrogens with zero attached hydrogens (tertiary/aromatic N) is 4. The SMILES string of the molecule is CC(NC(=O)CCc1cccnc1)c1nc(-c2cccnc2)no1. The molecule has 0 aliphatic heterocycles. The fourth-order valence-electron chi connectivity index (χ4n) is 2.20. The Morgan fingerprint density at radius 2 is 2.00 bits per heavy atom. The summed E-state index contributed by atoms with van der Waals surface area (Å²) in [5.74, 6) is 0.741. The molecule has 7 heteroatoms. The average molecular weight is 323 g/mol. The highest BCUT2D eigenvalue weighted by Crippen LogP contribution is 2.17. The van der Waals surface area contributed by atoms with Gasteiger partial charge in [0.2, 0.25) is 17.6 Å². The van der Waals surface area contributed by atoms with E-state index in [2.05, 4.69) is 25.4 Å². The third-order valence-electron chi connectivity index (χ3n) is 3.47. The van der Waals surface area contributed by atoms with Crippen LogP contribution >= 0.6 is 0 Å². The number of hydrogen-bond donors (Lipinski definition) is 1. The molecule has 7 nitrogen and oxygen atoms in total. The Kier molecular flexibility index (Phi) is 4.90. The van der Waals surface area contributed by atoms with Crippen LogP contribution in [0.1, 0.15) is 30.8 Å². The molecule has 0 spiro atoms. The summed E-state index contributed by atoms with van der Waals surface area (Å²) < 4.78 is 5.23. The van der Waals surface area contributed by atoms with Crippen molar-refractivity contribution in [2.24, 2.45) is 0 Å². The van der Waals surface area contributed by atoms with E-state index in [-0.39, 0.29) is 11.9 Å². The number of nitrogens with one attached hydrogen (secondary N) is 1. The van der Waals surface area contributed by atoms with Crippen LogP contribution in [0.5, 0.6) is 0 Å². The van der Waals surface area contributed by atoms with Gasteiger partial charge in [0.25, 0.3) is 0 Å². The maximum absolute atomic E-state index is 12.0. The smallest absolute Gasteiger partial charge is 0.249 e. The summed E-state index contributed by atoms with van der Waals surface area (Å²) in [4.78, 5) is 24.4. The molecule has 0 saturated heterocycles. The second-order valence-electron chi connectivity index (χ2n) is 5.35. The van der Waals surface area contributed by atoms with Crippen LogP contribution in [0.15, 0.2) is 53.6 Å². The first-order valence-corrected chi connectivity index (χ1v) is 7.64. The standard InChI is InChI=1S/C17H17N5O2/c1-12(20-15(23)7-6-13-4-2-8-18-10-13)17-21-16(22-24-17)14-5-3-9-19-11-14/h2-5,8-12H,6-7H2,1H3,(H,20,23). The highest BCUT2D eigenvalue weighted by atomic mass is 16.5. The topological polar surface area (TPSA) is 93.8 Å². The molecule has 3 rings (SSSR count). The van der Waals surface area contributed by atoms with E-state index in [9.17, 15) is 4.79 Å². The van der Waals surface area contributed by atoms with E-state index in [0.29, 0.717) is 24.6 Å². The minimum absolute atomic E-state index is 0.0764. The molecule has 0 aromatic carbocycles. The van der Waals surface area contributed by atoms with E-state index in [1.54, 1.807) is 30.9 Å². The van der Waals surface area contributed by atoms with E-state index >= 15 is 0 Å². The van der Waals surface area contributed by atoms with Crippen LogP contribution in [-0.4, -0.2) is 26.0 Å². The number of carbonyl (C=O) groups is 1. The molecule has 1 atom stereocenters. The molecule has 3 aromatic heterocycles. The van der Waals surface area contributed by atoms with Gasteiger partial charge in [0, 0.05) is 36.8 Å². The van der Waals surface area contributed by atoms with Crippen LogP contribution in [0.3, 0.4) is 0 Å². The maximum Gasteiger partial charge on any atom is 0.249 e. The number of rotatable bonds is 6. The molecular weight excluding hydrogens is 306 g/mol. The van der Waals surface area contributed by atoms with Crippen LogP contribution in [-0.2, 0) is 11.2 Å². The van der Waals surface area contributed by atoms with Crippen LogP contribution in [0, 0.1) is 0 Å². The number of pyridine rings is 2. The molecule has 0 fully saturated rings. The van der Waals surface area contributed by atoms with Crippen molar-refractivity contribution in [2.45, 2.75) is 25.8 Å². The number of aryl methyl sites for hydroxylation is 1. The van der Waals surface area contributed by atoms with E-state index in [4.69, 9.17) is 4.52 Å². The lowest BCUT2D eigenvalue weighted by Crippen LogP contribution is -2.27. The van der Waals surface area contributed by atoms with Crippen molar-refractivity contribution in [3.63, 3.8) is 0 Å². The van der Waals surface area contributed by atoms with Gasteiger partial charge in [-0.3, -0.25) is 14.8 Å². The van der Waals surface area contributed by atoms with E-state index in [1.165, 1.54) is 0 Å². The summed E-state index contributed by atoms with van der Waals surface area (Å²) in [6, 6.07) is 7.09. The highest BCUT2D eigenvalue weighted by Gasteiger charge is 2.17. The monoisotopic (exact) mass is 323 g/mol. The van der Waals surface area contributed by atoms with Gasteiger partial charge in [0.15, 0.2) is 0 Å². The normalized spacial score (nSPS) is 11.9. The minimum atomic E-state index is -0.357. The first-order chi connectivity index (χ1) is 11.7. The first kappa shape index (κ1) is 15.8. The van der Waals surface area contributed by atoms with Crippen molar-refractivity contribution in [1.29, 1.82) is 0 Å². The number of carbonyl (C=O) groups excluding carboxylic acids is 1. The zero-order chi connectivity index (χ0) is 16.8. The van der Waals surface area contributed by atoms with Gasteiger partial charge in [-0.25, -0.2) is 0 Å². The molecular formula is C17H17N5O2. The van der Waals surface area contributed by atoms with Gasteiger partial charge in [-0.05, 0) is 37.1 Å². The van der Waals surface area contributed by atoms with Crippen molar-refractivity contribution < 1.29 is 9.32 Å². The van der Waals surface area contributed by atoms with Gasteiger partial charge in [-0.2, -0.15) is 4.98 Å². The van der Waals surface area contributed by atoms with Crippen molar-refractivity contribution in [1.82, 2.24) is 25.4 Å². The summed E-state index contributed by atoms with van der Waals surface area (Å²) in [6.07, 6.45) is 7.81. The van der Waals surface area contributed by atoms with E-state index < -0.39 is 0 Å². The minimum Gasteiger partial charge on any atom is -0.345 e. The van der Waals surface area contributed by atoms with Crippen molar-refractivity contribution in [3.05, 3.63) is 60.5 Å². The summed E-state index contributed by atoms with van der Waals surface area (Å²) in [5.41, 5.74) is 1.79. The summed E-state index contributed by atoms with van der Waals surface area (Å²) in [7, 11) is 0. The van der Waals surface area contributed by atoms with Crippen LogP contribution in [0.4, 0.5) is 0 Å². The Bertz CT molecular complexity index is 789. The molecule has 1 N–H and O–H groups in total. The van der Waals surface area contributed by atoms with Gasteiger partial charge in [0.05, 0.1) is 0 Å². The van der Waals surface area contributed by atoms with Crippen LogP contribution in [0.2, 0.25) is 0 Å². The lowest BCUT2D eigenvalue weighted by Gasteiger charge is -2.09.